The Balaban J connectivity index is 1.75. The molecule has 32 heavy (non-hydrogen) atoms. The van der Waals surface area contributed by atoms with E-state index < -0.39 is 10.0 Å². The molecule has 168 valence electrons. The quantitative estimate of drug-likeness (QED) is 0.440. The van der Waals surface area contributed by atoms with Crippen molar-refractivity contribution in [1.82, 2.24) is 4.31 Å². The summed E-state index contributed by atoms with van der Waals surface area (Å²) in [6.45, 7) is 4.04. The van der Waals surface area contributed by atoms with Crippen molar-refractivity contribution in [3.05, 3.63) is 88.4 Å². The molecule has 6 nitrogen and oxygen atoms in total. The van der Waals surface area contributed by atoms with Gasteiger partial charge in [-0.1, -0.05) is 46.3 Å². The van der Waals surface area contributed by atoms with Gasteiger partial charge < -0.3 is 10.1 Å². The molecular formula is C24H25BrN2O4S. The third-order valence-electron chi connectivity index (χ3n) is 4.62. The van der Waals surface area contributed by atoms with Crippen molar-refractivity contribution in [2.45, 2.75) is 31.4 Å². The van der Waals surface area contributed by atoms with Crippen LogP contribution in [-0.2, 0) is 16.6 Å². The van der Waals surface area contributed by atoms with Crippen LogP contribution in [-0.4, -0.2) is 31.8 Å². The van der Waals surface area contributed by atoms with Crippen molar-refractivity contribution in [2.75, 3.05) is 12.4 Å². The standard InChI is InChI=1S/C24H25BrN2O4S/c1-17(2)31-23-14-9-19(25)15-22(23)24(28)26-20-10-12-21(13-11-20)32(29,30)27(3)16-18-7-5-4-6-8-18/h4-15,17H,16H2,1-3H3,(H,26,28). The van der Waals surface area contributed by atoms with Crippen LogP contribution in [0.1, 0.15) is 29.8 Å². The Morgan fingerprint density at radius 3 is 2.31 bits per heavy atom. The maximum atomic E-state index is 12.9. The van der Waals surface area contributed by atoms with Crippen molar-refractivity contribution in [3.8, 4) is 5.75 Å². The maximum Gasteiger partial charge on any atom is 0.259 e. The van der Waals surface area contributed by atoms with Crippen molar-refractivity contribution in [3.63, 3.8) is 0 Å². The van der Waals surface area contributed by atoms with E-state index >= 15 is 0 Å². The zero-order valence-electron chi connectivity index (χ0n) is 18.1. The van der Waals surface area contributed by atoms with Crippen LogP contribution in [0.25, 0.3) is 0 Å². The topological polar surface area (TPSA) is 75.7 Å². The molecule has 0 aromatic heterocycles. The zero-order valence-corrected chi connectivity index (χ0v) is 20.5. The molecular weight excluding hydrogens is 492 g/mol. The first-order chi connectivity index (χ1) is 15.2. The highest BCUT2D eigenvalue weighted by molar-refractivity contribution is 9.10. The molecule has 0 spiro atoms. The fourth-order valence-electron chi connectivity index (χ4n) is 3.05. The fraction of sp³-hybridized carbons (Fsp3) is 0.208. The van der Waals surface area contributed by atoms with Crippen molar-refractivity contribution in [1.29, 1.82) is 0 Å². The highest BCUT2D eigenvalue weighted by Gasteiger charge is 2.21. The number of hydrogen-bond acceptors (Lipinski definition) is 4. The van der Waals surface area contributed by atoms with Gasteiger partial charge in [-0.3, -0.25) is 4.79 Å². The Morgan fingerprint density at radius 1 is 1.03 bits per heavy atom. The molecule has 0 radical (unpaired) electrons. The van der Waals surface area contributed by atoms with Gasteiger partial charge in [0, 0.05) is 23.8 Å². The summed E-state index contributed by atoms with van der Waals surface area (Å²) >= 11 is 3.38. The molecule has 0 saturated heterocycles. The summed E-state index contributed by atoms with van der Waals surface area (Å²) in [6, 6.07) is 20.7. The summed E-state index contributed by atoms with van der Waals surface area (Å²) < 4.78 is 33.6. The fourth-order valence-corrected chi connectivity index (χ4v) is 4.57. The maximum absolute atomic E-state index is 12.9. The van der Waals surface area contributed by atoms with Crippen LogP contribution in [0, 0.1) is 0 Å². The number of hydrogen-bond donors (Lipinski definition) is 1. The van der Waals surface area contributed by atoms with Crippen LogP contribution in [0.15, 0.2) is 82.2 Å². The lowest BCUT2D eigenvalue weighted by atomic mass is 10.1. The largest absolute Gasteiger partial charge is 0.490 e. The number of nitrogens with one attached hydrogen (secondary N) is 1. The summed E-state index contributed by atoms with van der Waals surface area (Å²) in [5.41, 5.74) is 1.76. The Hall–Kier alpha value is -2.68. The molecule has 0 aliphatic carbocycles. The normalized spacial score (nSPS) is 11.6. The van der Waals surface area contributed by atoms with E-state index in [0.29, 0.717) is 17.0 Å². The Bertz CT molecular complexity index is 1180. The summed E-state index contributed by atoms with van der Waals surface area (Å²) in [5.74, 6) is 0.126. The lowest BCUT2D eigenvalue weighted by Gasteiger charge is -2.18. The minimum atomic E-state index is -3.67. The second-order valence-electron chi connectivity index (χ2n) is 7.53. The van der Waals surface area contributed by atoms with Crippen molar-refractivity contribution >= 4 is 37.5 Å². The van der Waals surface area contributed by atoms with Crippen LogP contribution < -0.4 is 10.1 Å². The van der Waals surface area contributed by atoms with Crippen molar-refractivity contribution in [2.24, 2.45) is 0 Å². The van der Waals surface area contributed by atoms with Gasteiger partial charge in [0.05, 0.1) is 16.6 Å². The average Bonchev–Trinajstić information content (AvgIpc) is 2.75. The third kappa shape index (κ3) is 5.97. The van der Waals surface area contributed by atoms with Gasteiger partial charge in [0.15, 0.2) is 0 Å². The van der Waals surface area contributed by atoms with Gasteiger partial charge in [-0.2, -0.15) is 4.31 Å². The molecule has 1 amide bonds. The zero-order chi connectivity index (χ0) is 23.3. The first-order valence-electron chi connectivity index (χ1n) is 10.0. The third-order valence-corrected chi connectivity index (χ3v) is 6.93. The summed E-state index contributed by atoms with van der Waals surface area (Å²) in [4.78, 5) is 13.0. The van der Waals surface area contributed by atoms with Gasteiger partial charge in [0.25, 0.3) is 5.91 Å². The number of amides is 1. The molecule has 1 N–H and O–H groups in total. The number of carbonyl (C=O) groups excluding carboxylic acids is 1. The van der Waals surface area contributed by atoms with Crippen LogP contribution >= 0.6 is 15.9 Å². The number of carbonyl (C=O) groups is 1. The number of benzene rings is 3. The second kappa shape index (κ2) is 10.3. The monoisotopic (exact) mass is 516 g/mol. The Morgan fingerprint density at radius 2 is 1.69 bits per heavy atom. The van der Waals surface area contributed by atoms with E-state index in [1.165, 1.54) is 16.4 Å². The lowest BCUT2D eigenvalue weighted by Crippen LogP contribution is -2.26. The van der Waals surface area contributed by atoms with Gasteiger partial charge in [-0.25, -0.2) is 8.42 Å². The van der Waals surface area contributed by atoms with Crippen molar-refractivity contribution < 1.29 is 17.9 Å². The molecule has 0 atom stereocenters. The van der Waals surface area contributed by atoms with Crippen LogP contribution in [0.2, 0.25) is 0 Å². The molecule has 0 unspecified atom stereocenters. The average molecular weight is 517 g/mol. The van der Waals surface area contributed by atoms with Gasteiger partial charge in [-0.05, 0) is 61.9 Å². The van der Waals surface area contributed by atoms with Gasteiger partial charge in [0.2, 0.25) is 10.0 Å². The number of ether oxygens (including phenoxy) is 1. The lowest BCUT2D eigenvalue weighted by molar-refractivity contribution is 0.102. The Kier molecular flexibility index (Phi) is 7.71. The van der Waals surface area contributed by atoms with E-state index in [4.69, 9.17) is 4.74 Å². The summed E-state index contributed by atoms with van der Waals surface area (Å²) in [6.07, 6.45) is -0.0832. The van der Waals surface area contributed by atoms with Crippen LogP contribution in [0.4, 0.5) is 5.69 Å². The number of nitrogens with zero attached hydrogens (tertiary/aromatic N) is 1. The van der Waals surface area contributed by atoms with E-state index in [-0.39, 0.29) is 23.5 Å². The van der Waals surface area contributed by atoms with Gasteiger partial charge in [-0.15, -0.1) is 0 Å². The number of sulfonamides is 1. The van der Waals surface area contributed by atoms with E-state index in [0.717, 1.165) is 10.0 Å². The number of halogens is 1. The molecule has 3 aromatic carbocycles. The molecule has 0 aliphatic rings. The second-order valence-corrected chi connectivity index (χ2v) is 10.5. The predicted octanol–water partition coefficient (Wildman–Crippen LogP) is 5.31. The van der Waals surface area contributed by atoms with E-state index in [9.17, 15) is 13.2 Å². The van der Waals surface area contributed by atoms with E-state index in [2.05, 4.69) is 21.2 Å². The molecule has 3 aromatic rings. The molecule has 0 aliphatic heterocycles. The van der Waals surface area contributed by atoms with Crippen LogP contribution in [0.5, 0.6) is 5.75 Å². The number of anilines is 1. The van der Waals surface area contributed by atoms with E-state index in [1.807, 2.05) is 44.2 Å². The molecule has 0 fully saturated rings. The minimum Gasteiger partial charge on any atom is -0.490 e. The highest BCUT2D eigenvalue weighted by atomic mass is 79.9. The molecule has 0 heterocycles. The molecule has 0 saturated carbocycles. The molecule has 0 bridgehead atoms. The minimum absolute atomic E-state index is 0.0832. The van der Waals surface area contributed by atoms with E-state index in [1.54, 1.807) is 37.4 Å². The molecule has 3 rings (SSSR count). The van der Waals surface area contributed by atoms with Crippen LogP contribution in [0.3, 0.4) is 0 Å². The van der Waals surface area contributed by atoms with Gasteiger partial charge >= 0.3 is 0 Å². The smallest absolute Gasteiger partial charge is 0.259 e. The molecule has 8 heteroatoms. The highest BCUT2D eigenvalue weighted by Crippen LogP contribution is 2.26. The SMILES string of the molecule is CC(C)Oc1ccc(Br)cc1C(=O)Nc1ccc(S(=O)(=O)N(C)Cc2ccccc2)cc1. The first-order valence-corrected chi connectivity index (χ1v) is 12.3. The van der Waals surface area contributed by atoms with Gasteiger partial charge in [0.1, 0.15) is 5.75 Å². The predicted molar refractivity (Wildman–Crippen MR) is 129 cm³/mol. The first kappa shape index (κ1) is 24.0. The number of rotatable bonds is 8. The summed E-state index contributed by atoms with van der Waals surface area (Å²) in [5, 5.41) is 2.80. The summed E-state index contributed by atoms with van der Waals surface area (Å²) in [7, 11) is -2.12. The Labute approximate surface area is 197 Å².